The Hall–Kier alpha value is -2.86. The highest BCUT2D eigenvalue weighted by molar-refractivity contribution is 6.02. The molecule has 2 N–H and O–H groups in total. The van der Waals surface area contributed by atoms with E-state index in [1.807, 2.05) is 24.3 Å². The van der Waals surface area contributed by atoms with Crippen LogP contribution in [0.5, 0.6) is 0 Å². The van der Waals surface area contributed by atoms with Crippen LogP contribution in [0.15, 0.2) is 48.5 Å². The van der Waals surface area contributed by atoms with Crippen molar-refractivity contribution >= 4 is 23.2 Å². The minimum Gasteiger partial charge on any atom is -0.368 e. The standard InChI is InChI=1S/C26H34N4O2/c1-20(31)27-23-12-13-25(24(18-23)26(32)28-22-10-6-3-7-11-22)30-16-14-29(15-17-30)19-21-8-4-2-5-9-21/h2,4-5,8-9,12-13,18,22H,3,6-7,10-11,14-17,19H2,1H3,(H,27,31)(H,28,32). The fraction of sp³-hybridized carbons (Fsp3) is 0.462. The third-order valence-corrected chi connectivity index (χ3v) is 6.46. The highest BCUT2D eigenvalue weighted by Crippen LogP contribution is 2.27. The van der Waals surface area contributed by atoms with Crippen molar-refractivity contribution in [3.63, 3.8) is 0 Å². The van der Waals surface area contributed by atoms with E-state index >= 15 is 0 Å². The van der Waals surface area contributed by atoms with Gasteiger partial charge >= 0.3 is 0 Å². The molecule has 0 bridgehead atoms. The summed E-state index contributed by atoms with van der Waals surface area (Å²) < 4.78 is 0. The Morgan fingerprint density at radius 3 is 2.34 bits per heavy atom. The second-order valence-corrected chi connectivity index (χ2v) is 8.97. The highest BCUT2D eigenvalue weighted by atomic mass is 16.2. The van der Waals surface area contributed by atoms with Crippen LogP contribution in [-0.2, 0) is 11.3 Å². The molecule has 2 aromatic rings. The molecule has 32 heavy (non-hydrogen) atoms. The molecule has 2 aliphatic rings. The van der Waals surface area contributed by atoms with E-state index in [1.165, 1.54) is 31.7 Å². The minimum absolute atomic E-state index is 0.0363. The predicted molar refractivity (Wildman–Crippen MR) is 129 cm³/mol. The Labute approximate surface area is 191 Å². The summed E-state index contributed by atoms with van der Waals surface area (Å²) in [6.45, 7) is 6.08. The highest BCUT2D eigenvalue weighted by Gasteiger charge is 2.24. The number of carbonyl (C=O) groups is 2. The zero-order chi connectivity index (χ0) is 22.3. The first-order valence-corrected chi connectivity index (χ1v) is 11.8. The van der Waals surface area contributed by atoms with Gasteiger partial charge in [0.1, 0.15) is 0 Å². The summed E-state index contributed by atoms with van der Waals surface area (Å²) in [5.74, 6) is -0.170. The summed E-state index contributed by atoms with van der Waals surface area (Å²) in [4.78, 5) is 29.6. The van der Waals surface area contributed by atoms with E-state index in [9.17, 15) is 9.59 Å². The molecule has 6 heteroatoms. The first-order valence-electron chi connectivity index (χ1n) is 11.8. The lowest BCUT2D eigenvalue weighted by Gasteiger charge is -2.37. The third kappa shape index (κ3) is 5.88. The van der Waals surface area contributed by atoms with E-state index in [2.05, 4.69) is 44.7 Å². The summed E-state index contributed by atoms with van der Waals surface area (Å²) >= 11 is 0. The zero-order valence-corrected chi connectivity index (χ0v) is 19.0. The van der Waals surface area contributed by atoms with Gasteiger partial charge in [-0.15, -0.1) is 0 Å². The fourth-order valence-electron chi connectivity index (χ4n) is 4.77. The number of piperazine rings is 1. The summed E-state index contributed by atoms with van der Waals surface area (Å²) in [6.07, 6.45) is 5.69. The van der Waals surface area contributed by atoms with Crippen LogP contribution in [0.3, 0.4) is 0 Å². The fourth-order valence-corrected chi connectivity index (χ4v) is 4.77. The van der Waals surface area contributed by atoms with Gasteiger partial charge in [0.25, 0.3) is 5.91 Å². The molecule has 1 aliphatic heterocycles. The second-order valence-electron chi connectivity index (χ2n) is 8.97. The number of amides is 2. The molecule has 1 saturated heterocycles. The van der Waals surface area contributed by atoms with Crippen LogP contribution < -0.4 is 15.5 Å². The summed E-state index contributed by atoms with van der Waals surface area (Å²) in [5.41, 5.74) is 3.59. The topological polar surface area (TPSA) is 64.7 Å². The molecular weight excluding hydrogens is 400 g/mol. The molecule has 1 heterocycles. The largest absolute Gasteiger partial charge is 0.368 e. The van der Waals surface area contributed by atoms with Crippen LogP contribution >= 0.6 is 0 Å². The van der Waals surface area contributed by atoms with Gasteiger partial charge in [-0.05, 0) is 36.6 Å². The molecule has 4 rings (SSSR count). The second kappa shape index (κ2) is 10.6. The van der Waals surface area contributed by atoms with Crippen LogP contribution in [0.2, 0.25) is 0 Å². The lowest BCUT2D eigenvalue weighted by molar-refractivity contribution is -0.114. The third-order valence-electron chi connectivity index (χ3n) is 6.46. The maximum Gasteiger partial charge on any atom is 0.253 e. The first-order chi connectivity index (χ1) is 15.6. The quantitative estimate of drug-likeness (QED) is 0.721. The van der Waals surface area contributed by atoms with Crippen LogP contribution in [-0.4, -0.2) is 48.9 Å². The van der Waals surface area contributed by atoms with Crippen molar-refractivity contribution in [1.29, 1.82) is 0 Å². The molecule has 0 atom stereocenters. The van der Waals surface area contributed by atoms with E-state index < -0.39 is 0 Å². The Morgan fingerprint density at radius 1 is 0.938 bits per heavy atom. The Kier molecular flexibility index (Phi) is 7.43. The van der Waals surface area contributed by atoms with Gasteiger partial charge in [-0.25, -0.2) is 0 Å². The molecule has 1 aliphatic carbocycles. The van der Waals surface area contributed by atoms with Crippen LogP contribution in [0.4, 0.5) is 11.4 Å². The van der Waals surface area contributed by atoms with Gasteiger partial charge < -0.3 is 15.5 Å². The van der Waals surface area contributed by atoms with Gasteiger partial charge in [-0.1, -0.05) is 49.6 Å². The normalized spacial score (nSPS) is 17.7. The van der Waals surface area contributed by atoms with Crippen molar-refractivity contribution in [1.82, 2.24) is 10.2 Å². The average molecular weight is 435 g/mol. The Bertz CT molecular complexity index is 917. The number of anilines is 2. The Morgan fingerprint density at radius 2 is 1.66 bits per heavy atom. The van der Waals surface area contributed by atoms with Gasteiger partial charge in [-0.2, -0.15) is 0 Å². The van der Waals surface area contributed by atoms with Crippen molar-refractivity contribution in [2.45, 2.75) is 51.6 Å². The molecule has 0 spiro atoms. The average Bonchev–Trinajstić information content (AvgIpc) is 2.81. The maximum atomic E-state index is 13.3. The zero-order valence-electron chi connectivity index (χ0n) is 19.0. The summed E-state index contributed by atoms with van der Waals surface area (Å²) in [5, 5.41) is 6.07. The van der Waals surface area contributed by atoms with Crippen molar-refractivity contribution in [3.8, 4) is 0 Å². The van der Waals surface area contributed by atoms with Gasteiger partial charge in [-0.3, -0.25) is 14.5 Å². The number of nitrogens with zero attached hydrogens (tertiary/aromatic N) is 2. The number of nitrogens with one attached hydrogen (secondary N) is 2. The summed E-state index contributed by atoms with van der Waals surface area (Å²) in [7, 11) is 0. The van der Waals surface area contributed by atoms with Crippen molar-refractivity contribution in [2.24, 2.45) is 0 Å². The van der Waals surface area contributed by atoms with Gasteiger partial charge in [0.2, 0.25) is 5.91 Å². The SMILES string of the molecule is CC(=O)Nc1ccc(N2CCN(Cc3ccccc3)CC2)c(C(=O)NC2CCCCC2)c1. The molecule has 0 unspecified atom stereocenters. The molecule has 6 nitrogen and oxygen atoms in total. The number of benzene rings is 2. The molecule has 170 valence electrons. The van der Waals surface area contributed by atoms with Crippen molar-refractivity contribution in [2.75, 3.05) is 36.4 Å². The Balaban J connectivity index is 1.47. The van der Waals surface area contributed by atoms with Gasteiger partial charge in [0, 0.05) is 57.1 Å². The molecule has 2 aromatic carbocycles. The molecule has 0 radical (unpaired) electrons. The molecule has 2 fully saturated rings. The van der Waals surface area contributed by atoms with E-state index in [0.717, 1.165) is 51.3 Å². The lowest BCUT2D eigenvalue weighted by Crippen LogP contribution is -2.46. The molecule has 1 saturated carbocycles. The maximum absolute atomic E-state index is 13.3. The van der Waals surface area contributed by atoms with E-state index in [0.29, 0.717) is 11.3 Å². The molecular formula is C26H34N4O2. The van der Waals surface area contributed by atoms with Crippen molar-refractivity contribution < 1.29 is 9.59 Å². The summed E-state index contributed by atoms with van der Waals surface area (Å²) in [6, 6.07) is 16.5. The predicted octanol–water partition coefficient (Wildman–Crippen LogP) is 4.03. The monoisotopic (exact) mass is 434 g/mol. The van der Waals surface area contributed by atoms with Crippen molar-refractivity contribution in [3.05, 3.63) is 59.7 Å². The number of hydrogen-bond acceptors (Lipinski definition) is 4. The van der Waals surface area contributed by atoms with E-state index in [-0.39, 0.29) is 17.9 Å². The van der Waals surface area contributed by atoms with Crippen LogP contribution in [0.25, 0.3) is 0 Å². The number of hydrogen-bond donors (Lipinski definition) is 2. The van der Waals surface area contributed by atoms with Crippen LogP contribution in [0.1, 0.15) is 54.9 Å². The van der Waals surface area contributed by atoms with E-state index in [4.69, 9.17) is 0 Å². The van der Waals surface area contributed by atoms with E-state index in [1.54, 1.807) is 0 Å². The van der Waals surface area contributed by atoms with Crippen LogP contribution in [0, 0.1) is 0 Å². The smallest absolute Gasteiger partial charge is 0.253 e. The minimum atomic E-state index is -0.133. The number of rotatable bonds is 6. The van der Waals surface area contributed by atoms with Gasteiger partial charge in [0.15, 0.2) is 0 Å². The first kappa shape index (κ1) is 22.3. The van der Waals surface area contributed by atoms with Gasteiger partial charge in [0.05, 0.1) is 5.56 Å². The number of carbonyl (C=O) groups excluding carboxylic acids is 2. The lowest BCUT2D eigenvalue weighted by atomic mass is 9.95. The molecule has 2 amide bonds. The molecule has 0 aromatic heterocycles.